The quantitative estimate of drug-likeness (QED) is 0.628. The predicted octanol–water partition coefficient (Wildman–Crippen LogP) is -0.315. The van der Waals surface area contributed by atoms with Gasteiger partial charge in [0.25, 0.3) is 11.8 Å². The molecule has 1 unspecified atom stereocenters. The van der Waals surface area contributed by atoms with Crippen molar-refractivity contribution in [3.05, 3.63) is 29.3 Å². The normalized spacial score (nSPS) is 22.3. The summed E-state index contributed by atoms with van der Waals surface area (Å²) >= 11 is 0. The van der Waals surface area contributed by atoms with Crippen LogP contribution in [0.25, 0.3) is 0 Å². The van der Waals surface area contributed by atoms with E-state index in [1.54, 1.807) is 18.2 Å². The fraction of sp³-hybridized carbons (Fsp3) is 0.450. The molecule has 0 saturated carbocycles. The summed E-state index contributed by atoms with van der Waals surface area (Å²) in [6.45, 7) is 3.27. The first-order valence-corrected chi connectivity index (χ1v) is 9.90. The van der Waals surface area contributed by atoms with Crippen LogP contribution in [0.2, 0.25) is 0 Å². The van der Waals surface area contributed by atoms with Crippen LogP contribution in [0.15, 0.2) is 18.2 Å². The third-order valence-corrected chi connectivity index (χ3v) is 5.80. The number of aliphatic carboxylic acids is 1. The van der Waals surface area contributed by atoms with Gasteiger partial charge in [0, 0.05) is 44.8 Å². The largest absolute Gasteiger partial charge is 0.481 e. The highest BCUT2D eigenvalue weighted by atomic mass is 16.4. The molecule has 0 bridgehead atoms. The van der Waals surface area contributed by atoms with Crippen LogP contribution in [0.3, 0.4) is 0 Å². The highest BCUT2D eigenvalue weighted by Gasteiger charge is 2.44. The van der Waals surface area contributed by atoms with Crippen LogP contribution < -0.4 is 10.2 Å². The molecule has 10 heteroatoms. The van der Waals surface area contributed by atoms with Crippen LogP contribution in [0.4, 0.5) is 5.69 Å². The lowest BCUT2D eigenvalue weighted by Crippen LogP contribution is -2.54. The lowest BCUT2D eigenvalue weighted by Gasteiger charge is -2.36. The summed E-state index contributed by atoms with van der Waals surface area (Å²) in [6, 6.07) is 4.09. The maximum Gasteiger partial charge on any atom is 0.304 e. The van der Waals surface area contributed by atoms with E-state index in [1.807, 2.05) is 0 Å². The van der Waals surface area contributed by atoms with E-state index < -0.39 is 35.6 Å². The maximum absolute atomic E-state index is 12.9. The van der Waals surface area contributed by atoms with Gasteiger partial charge in [0.05, 0.1) is 17.5 Å². The second kappa shape index (κ2) is 7.86. The van der Waals surface area contributed by atoms with Crippen LogP contribution in [-0.2, 0) is 14.4 Å². The van der Waals surface area contributed by atoms with E-state index in [4.69, 9.17) is 5.11 Å². The Labute approximate surface area is 172 Å². The van der Waals surface area contributed by atoms with Gasteiger partial charge in [0.1, 0.15) is 6.04 Å². The van der Waals surface area contributed by atoms with E-state index in [0.29, 0.717) is 32.7 Å². The Balaban J connectivity index is 1.47. The molecule has 0 aromatic heterocycles. The Hall–Kier alpha value is -3.27. The van der Waals surface area contributed by atoms with Crippen LogP contribution in [0, 0.1) is 0 Å². The third-order valence-electron chi connectivity index (χ3n) is 5.80. The van der Waals surface area contributed by atoms with Gasteiger partial charge in [0.15, 0.2) is 0 Å². The molecule has 3 aliphatic heterocycles. The van der Waals surface area contributed by atoms with Crippen LogP contribution >= 0.6 is 0 Å². The van der Waals surface area contributed by atoms with Gasteiger partial charge in [-0.25, -0.2) is 0 Å². The van der Waals surface area contributed by atoms with Crippen molar-refractivity contribution >= 4 is 35.3 Å². The number of carboxylic acid groups (broad SMARTS) is 1. The molecule has 1 aromatic rings. The number of imide groups is 2. The highest BCUT2D eigenvalue weighted by molar-refractivity contribution is 6.23. The third kappa shape index (κ3) is 3.65. The lowest BCUT2D eigenvalue weighted by molar-refractivity contribution is -0.138. The molecule has 2 fully saturated rings. The molecule has 1 atom stereocenters. The van der Waals surface area contributed by atoms with Crippen molar-refractivity contribution in [2.75, 3.05) is 37.6 Å². The summed E-state index contributed by atoms with van der Waals surface area (Å²) in [5, 5.41) is 11.0. The fourth-order valence-corrected chi connectivity index (χ4v) is 4.14. The zero-order chi connectivity index (χ0) is 21.4. The van der Waals surface area contributed by atoms with Crippen LogP contribution in [-0.4, -0.2) is 83.3 Å². The summed E-state index contributed by atoms with van der Waals surface area (Å²) in [4.78, 5) is 65.1. The first-order valence-electron chi connectivity index (χ1n) is 9.90. The number of carbonyl (C=O) groups excluding carboxylic acids is 4. The zero-order valence-corrected chi connectivity index (χ0v) is 16.3. The standard InChI is InChI=1S/C20H22N4O6/c25-16-4-3-15(18(28)21-16)24-19(29)13-2-1-12(11-14(13)20(24)30)23-9-7-22(8-10-23)6-5-17(26)27/h1-2,11,15H,3-10H2,(H,26,27)(H,21,25,28). The van der Waals surface area contributed by atoms with Gasteiger partial charge < -0.3 is 10.0 Å². The second-order valence-corrected chi connectivity index (χ2v) is 7.65. The van der Waals surface area contributed by atoms with Crippen molar-refractivity contribution < 1.29 is 29.1 Å². The fourth-order valence-electron chi connectivity index (χ4n) is 4.14. The molecule has 0 radical (unpaired) electrons. The average molecular weight is 414 g/mol. The number of rotatable bonds is 5. The zero-order valence-electron chi connectivity index (χ0n) is 16.3. The molecule has 1 aromatic carbocycles. The van der Waals surface area contributed by atoms with E-state index in [0.717, 1.165) is 10.6 Å². The van der Waals surface area contributed by atoms with Crippen LogP contribution in [0.1, 0.15) is 40.0 Å². The minimum absolute atomic E-state index is 0.0845. The molecule has 4 rings (SSSR count). The van der Waals surface area contributed by atoms with Crippen molar-refractivity contribution in [3.8, 4) is 0 Å². The van der Waals surface area contributed by atoms with Crippen molar-refractivity contribution in [3.63, 3.8) is 0 Å². The summed E-state index contributed by atoms with van der Waals surface area (Å²) in [5.74, 6) is -2.89. The Morgan fingerprint density at radius 3 is 2.40 bits per heavy atom. The summed E-state index contributed by atoms with van der Waals surface area (Å²) < 4.78 is 0. The Morgan fingerprint density at radius 1 is 1.03 bits per heavy atom. The number of anilines is 1. The van der Waals surface area contributed by atoms with Crippen LogP contribution in [0.5, 0.6) is 0 Å². The maximum atomic E-state index is 12.9. The molecule has 0 spiro atoms. The topological polar surface area (TPSA) is 127 Å². The van der Waals surface area contributed by atoms with E-state index in [9.17, 15) is 24.0 Å². The predicted molar refractivity (Wildman–Crippen MR) is 104 cm³/mol. The van der Waals surface area contributed by atoms with E-state index in [-0.39, 0.29) is 30.4 Å². The number of carbonyl (C=O) groups is 5. The number of benzene rings is 1. The number of piperidine rings is 1. The van der Waals surface area contributed by atoms with E-state index >= 15 is 0 Å². The molecule has 4 amide bonds. The van der Waals surface area contributed by atoms with Gasteiger partial charge in [0.2, 0.25) is 11.8 Å². The van der Waals surface area contributed by atoms with Gasteiger partial charge in [-0.3, -0.25) is 39.1 Å². The number of carboxylic acids is 1. The van der Waals surface area contributed by atoms with Gasteiger partial charge >= 0.3 is 5.97 Å². The second-order valence-electron chi connectivity index (χ2n) is 7.65. The Morgan fingerprint density at radius 2 is 1.73 bits per heavy atom. The number of fused-ring (bicyclic) bond motifs is 1. The average Bonchev–Trinajstić information content (AvgIpc) is 2.97. The number of amides is 4. The highest BCUT2D eigenvalue weighted by Crippen LogP contribution is 2.31. The van der Waals surface area contributed by atoms with Gasteiger partial charge in [-0.2, -0.15) is 0 Å². The molecular formula is C20H22N4O6. The molecule has 2 N–H and O–H groups in total. The molecule has 30 heavy (non-hydrogen) atoms. The smallest absolute Gasteiger partial charge is 0.304 e. The van der Waals surface area contributed by atoms with Crippen molar-refractivity contribution in [2.45, 2.75) is 25.3 Å². The Kier molecular flexibility index (Phi) is 5.25. The SMILES string of the molecule is O=C(O)CCN1CCN(c2ccc3c(c2)C(=O)N(C2CCC(=O)NC2=O)C3=O)CC1. The van der Waals surface area contributed by atoms with E-state index in [1.165, 1.54) is 0 Å². The van der Waals surface area contributed by atoms with Crippen molar-refractivity contribution in [1.29, 1.82) is 0 Å². The summed E-state index contributed by atoms with van der Waals surface area (Å²) in [5.41, 5.74) is 1.32. The molecule has 3 heterocycles. The van der Waals surface area contributed by atoms with Crippen molar-refractivity contribution in [1.82, 2.24) is 15.1 Å². The monoisotopic (exact) mass is 414 g/mol. The molecule has 3 aliphatic rings. The number of nitrogens with one attached hydrogen (secondary N) is 1. The van der Waals surface area contributed by atoms with Gasteiger partial charge in [-0.1, -0.05) is 0 Å². The molecular weight excluding hydrogens is 392 g/mol. The molecule has 2 saturated heterocycles. The first-order chi connectivity index (χ1) is 14.3. The number of nitrogens with zero attached hydrogens (tertiary/aromatic N) is 3. The first kappa shape index (κ1) is 20.0. The van der Waals surface area contributed by atoms with Gasteiger partial charge in [-0.15, -0.1) is 0 Å². The minimum Gasteiger partial charge on any atom is -0.481 e. The summed E-state index contributed by atoms with van der Waals surface area (Å²) in [6.07, 6.45) is 0.314. The Bertz CT molecular complexity index is 937. The minimum atomic E-state index is -0.976. The lowest BCUT2D eigenvalue weighted by atomic mass is 10.0. The molecule has 158 valence electrons. The number of hydrogen-bond donors (Lipinski definition) is 2. The molecule has 10 nitrogen and oxygen atoms in total. The van der Waals surface area contributed by atoms with Crippen molar-refractivity contribution in [2.24, 2.45) is 0 Å². The molecule has 0 aliphatic carbocycles. The number of hydrogen-bond acceptors (Lipinski definition) is 7. The number of piperazine rings is 1. The van der Waals surface area contributed by atoms with E-state index in [2.05, 4.69) is 15.1 Å². The summed E-state index contributed by atoms with van der Waals surface area (Å²) in [7, 11) is 0. The van der Waals surface area contributed by atoms with Gasteiger partial charge in [-0.05, 0) is 24.6 Å².